The van der Waals surface area contributed by atoms with Gasteiger partial charge in [-0.1, -0.05) is 11.6 Å². The molecule has 1 aromatic carbocycles. The SMILES string of the molecule is O=C(NCc1ccncc1)C(=O)Nc1ccc(F)c(Cl)c1. The van der Waals surface area contributed by atoms with E-state index in [4.69, 9.17) is 11.6 Å². The van der Waals surface area contributed by atoms with Gasteiger partial charge in [-0.15, -0.1) is 0 Å². The van der Waals surface area contributed by atoms with Crippen LogP contribution in [0.2, 0.25) is 5.02 Å². The molecule has 1 aromatic heterocycles. The van der Waals surface area contributed by atoms with Crippen LogP contribution in [0.5, 0.6) is 0 Å². The largest absolute Gasteiger partial charge is 0.344 e. The number of anilines is 1. The van der Waals surface area contributed by atoms with E-state index in [1.807, 2.05) is 0 Å². The standard InChI is InChI=1S/C14H11ClFN3O2/c15-11-7-10(1-2-12(11)16)19-14(21)13(20)18-8-9-3-5-17-6-4-9/h1-7H,8H2,(H,18,20)(H,19,21). The molecule has 0 aliphatic heterocycles. The van der Waals surface area contributed by atoms with Gasteiger partial charge in [0, 0.05) is 24.6 Å². The second-order valence-corrected chi connectivity index (χ2v) is 4.53. The number of hydrogen-bond acceptors (Lipinski definition) is 3. The lowest BCUT2D eigenvalue weighted by Crippen LogP contribution is -2.34. The first-order valence-corrected chi connectivity index (χ1v) is 6.37. The fraction of sp³-hybridized carbons (Fsp3) is 0.0714. The molecule has 2 amide bonds. The summed E-state index contributed by atoms with van der Waals surface area (Å²) in [6.07, 6.45) is 3.17. The summed E-state index contributed by atoms with van der Waals surface area (Å²) in [5.74, 6) is -2.25. The molecule has 1 heterocycles. The summed E-state index contributed by atoms with van der Waals surface area (Å²) < 4.78 is 13.0. The van der Waals surface area contributed by atoms with Gasteiger partial charge >= 0.3 is 11.8 Å². The number of hydrogen-bond donors (Lipinski definition) is 2. The van der Waals surface area contributed by atoms with Crippen LogP contribution < -0.4 is 10.6 Å². The zero-order chi connectivity index (χ0) is 15.2. The maximum atomic E-state index is 13.0. The zero-order valence-corrected chi connectivity index (χ0v) is 11.5. The molecule has 0 atom stereocenters. The number of aromatic nitrogens is 1. The number of rotatable bonds is 3. The molecular formula is C14H11ClFN3O2. The minimum atomic E-state index is -0.855. The quantitative estimate of drug-likeness (QED) is 0.853. The number of amides is 2. The Morgan fingerprint density at radius 1 is 1.14 bits per heavy atom. The zero-order valence-electron chi connectivity index (χ0n) is 10.8. The van der Waals surface area contributed by atoms with Crippen molar-refractivity contribution >= 4 is 29.1 Å². The number of benzene rings is 1. The first-order valence-electron chi connectivity index (χ1n) is 5.99. The number of pyridine rings is 1. The summed E-state index contributed by atoms with van der Waals surface area (Å²) in [5, 5.41) is 4.66. The highest BCUT2D eigenvalue weighted by Crippen LogP contribution is 2.19. The van der Waals surface area contributed by atoms with Gasteiger partial charge in [0.15, 0.2) is 0 Å². The molecular weight excluding hydrogens is 297 g/mol. The normalized spacial score (nSPS) is 10.0. The number of nitrogens with one attached hydrogen (secondary N) is 2. The van der Waals surface area contributed by atoms with Crippen molar-refractivity contribution in [2.45, 2.75) is 6.54 Å². The third-order valence-electron chi connectivity index (χ3n) is 2.59. The van der Waals surface area contributed by atoms with Gasteiger partial charge in [0.05, 0.1) is 5.02 Å². The second kappa shape index (κ2) is 6.81. The van der Waals surface area contributed by atoms with Crippen molar-refractivity contribution in [3.8, 4) is 0 Å². The minimum Gasteiger partial charge on any atom is -0.344 e. The topological polar surface area (TPSA) is 71.1 Å². The van der Waals surface area contributed by atoms with E-state index < -0.39 is 17.6 Å². The van der Waals surface area contributed by atoms with Crippen LogP contribution in [0, 0.1) is 5.82 Å². The highest BCUT2D eigenvalue weighted by Gasteiger charge is 2.14. The molecule has 108 valence electrons. The lowest BCUT2D eigenvalue weighted by molar-refractivity contribution is -0.136. The van der Waals surface area contributed by atoms with Crippen LogP contribution >= 0.6 is 11.6 Å². The van der Waals surface area contributed by atoms with E-state index in [1.54, 1.807) is 24.5 Å². The van der Waals surface area contributed by atoms with Gasteiger partial charge in [-0.3, -0.25) is 14.6 Å². The van der Waals surface area contributed by atoms with E-state index >= 15 is 0 Å². The molecule has 0 radical (unpaired) electrons. The molecule has 5 nitrogen and oxygen atoms in total. The molecule has 0 fully saturated rings. The Morgan fingerprint density at radius 2 is 1.86 bits per heavy atom. The lowest BCUT2D eigenvalue weighted by Gasteiger charge is -2.07. The Balaban J connectivity index is 1.90. The van der Waals surface area contributed by atoms with Gasteiger partial charge in [-0.25, -0.2) is 4.39 Å². The Bertz CT molecular complexity index is 665. The van der Waals surface area contributed by atoms with Crippen LogP contribution in [0.25, 0.3) is 0 Å². The van der Waals surface area contributed by atoms with Crippen molar-refractivity contribution in [1.29, 1.82) is 0 Å². The highest BCUT2D eigenvalue weighted by atomic mass is 35.5. The molecule has 0 aliphatic rings. The van der Waals surface area contributed by atoms with Crippen LogP contribution in [-0.4, -0.2) is 16.8 Å². The predicted molar refractivity (Wildman–Crippen MR) is 76.1 cm³/mol. The molecule has 7 heteroatoms. The Kier molecular flexibility index (Phi) is 4.84. The van der Waals surface area contributed by atoms with Gasteiger partial charge in [-0.05, 0) is 35.9 Å². The highest BCUT2D eigenvalue weighted by molar-refractivity contribution is 6.39. The van der Waals surface area contributed by atoms with Crippen molar-refractivity contribution in [2.24, 2.45) is 0 Å². The molecule has 0 aliphatic carbocycles. The Labute approximate surface area is 125 Å². The number of halogens is 2. The van der Waals surface area contributed by atoms with E-state index in [-0.39, 0.29) is 17.3 Å². The molecule has 0 bridgehead atoms. The molecule has 0 spiro atoms. The number of carbonyl (C=O) groups is 2. The fourth-order valence-corrected chi connectivity index (χ4v) is 1.71. The minimum absolute atomic E-state index is 0.134. The molecule has 21 heavy (non-hydrogen) atoms. The van der Waals surface area contributed by atoms with Crippen molar-refractivity contribution < 1.29 is 14.0 Å². The average molecular weight is 308 g/mol. The fourth-order valence-electron chi connectivity index (χ4n) is 1.53. The molecule has 0 unspecified atom stereocenters. The number of nitrogens with zero attached hydrogens (tertiary/aromatic N) is 1. The van der Waals surface area contributed by atoms with Crippen LogP contribution in [-0.2, 0) is 16.1 Å². The molecule has 0 saturated carbocycles. The van der Waals surface area contributed by atoms with E-state index in [0.717, 1.165) is 11.6 Å². The lowest BCUT2D eigenvalue weighted by atomic mass is 10.2. The second-order valence-electron chi connectivity index (χ2n) is 4.12. The summed E-state index contributed by atoms with van der Waals surface area (Å²) in [6.45, 7) is 0.207. The summed E-state index contributed by atoms with van der Waals surface area (Å²) >= 11 is 5.59. The first kappa shape index (κ1) is 14.9. The maximum Gasteiger partial charge on any atom is 0.313 e. The van der Waals surface area contributed by atoms with Gasteiger partial charge < -0.3 is 10.6 Å². The third-order valence-corrected chi connectivity index (χ3v) is 2.88. The van der Waals surface area contributed by atoms with Gasteiger partial charge in [0.1, 0.15) is 5.82 Å². The van der Waals surface area contributed by atoms with Crippen molar-refractivity contribution in [2.75, 3.05) is 5.32 Å². The van der Waals surface area contributed by atoms with Crippen molar-refractivity contribution in [1.82, 2.24) is 10.3 Å². The van der Waals surface area contributed by atoms with Gasteiger partial charge in [0.25, 0.3) is 0 Å². The average Bonchev–Trinajstić information content (AvgIpc) is 2.49. The monoisotopic (exact) mass is 307 g/mol. The summed E-state index contributed by atoms with van der Waals surface area (Å²) in [4.78, 5) is 27.1. The summed E-state index contributed by atoms with van der Waals surface area (Å²) in [6, 6.07) is 7.09. The van der Waals surface area contributed by atoms with Crippen molar-refractivity contribution in [3.05, 3.63) is 59.1 Å². The van der Waals surface area contributed by atoms with Crippen LogP contribution in [0.15, 0.2) is 42.7 Å². The summed E-state index contributed by atoms with van der Waals surface area (Å²) in [7, 11) is 0. The Morgan fingerprint density at radius 3 is 2.52 bits per heavy atom. The molecule has 2 N–H and O–H groups in total. The van der Waals surface area contributed by atoms with Gasteiger partial charge in [-0.2, -0.15) is 0 Å². The van der Waals surface area contributed by atoms with Crippen molar-refractivity contribution in [3.63, 3.8) is 0 Å². The van der Waals surface area contributed by atoms with E-state index in [9.17, 15) is 14.0 Å². The predicted octanol–water partition coefficient (Wildman–Crippen LogP) is 2.13. The molecule has 2 rings (SSSR count). The number of carbonyl (C=O) groups excluding carboxylic acids is 2. The molecule has 0 saturated heterocycles. The maximum absolute atomic E-state index is 13.0. The summed E-state index contributed by atoms with van der Waals surface area (Å²) in [5.41, 5.74) is 1.06. The Hall–Kier alpha value is -2.47. The van der Waals surface area contributed by atoms with Crippen LogP contribution in [0.4, 0.5) is 10.1 Å². The van der Waals surface area contributed by atoms with Crippen LogP contribution in [0.3, 0.4) is 0 Å². The molecule has 2 aromatic rings. The first-order chi connectivity index (χ1) is 10.1. The van der Waals surface area contributed by atoms with E-state index in [1.165, 1.54) is 12.1 Å². The van der Waals surface area contributed by atoms with Crippen LogP contribution in [0.1, 0.15) is 5.56 Å². The van der Waals surface area contributed by atoms with Gasteiger partial charge in [0.2, 0.25) is 0 Å². The van der Waals surface area contributed by atoms with E-state index in [0.29, 0.717) is 0 Å². The smallest absolute Gasteiger partial charge is 0.313 e. The van der Waals surface area contributed by atoms with E-state index in [2.05, 4.69) is 15.6 Å². The third kappa shape index (κ3) is 4.25.